The van der Waals surface area contributed by atoms with Gasteiger partial charge in [-0.25, -0.2) is 8.42 Å². The van der Waals surface area contributed by atoms with E-state index in [0.717, 1.165) is 4.31 Å². The Labute approximate surface area is 133 Å². The molecule has 1 saturated heterocycles. The monoisotopic (exact) mass is 406 g/mol. The van der Waals surface area contributed by atoms with E-state index in [-0.39, 0.29) is 30.8 Å². The van der Waals surface area contributed by atoms with Crippen molar-refractivity contribution in [1.29, 1.82) is 0 Å². The van der Waals surface area contributed by atoms with Crippen molar-refractivity contribution in [1.82, 2.24) is 4.31 Å². The minimum Gasteiger partial charge on any atom is -0.326 e. The van der Waals surface area contributed by atoms with Crippen LogP contribution in [0.5, 0.6) is 0 Å². The third kappa shape index (κ3) is 3.61. The van der Waals surface area contributed by atoms with E-state index in [1.54, 1.807) is 0 Å². The molecule has 1 aliphatic rings. The predicted octanol–water partition coefficient (Wildman–Crippen LogP) is 2.93. The summed E-state index contributed by atoms with van der Waals surface area (Å²) < 4.78 is 64.7. The first kappa shape index (κ1) is 17.2. The maximum Gasteiger partial charge on any atom is 0.393 e. The molecule has 10 heteroatoms. The Kier molecular flexibility index (Phi) is 5.04. The fourth-order valence-electron chi connectivity index (χ4n) is 2.24. The predicted molar refractivity (Wildman–Crippen MR) is 77.4 cm³/mol. The van der Waals surface area contributed by atoms with Crippen LogP contribution in [0.3, 0.4) is 0 Å². The second-order valence-corrected chi connectivity index (χ2v) is 9.16. The summed E-state index contributed by atoms with van der Waals surface area (Å²) in [5.74, 6) is -1.60. The van der Waals surface area contributed by atoms with Crippen LogP contribution in [0.15, 0.2) is 14.7 Å². The molecule has 1 aromatic rings. The lowest BCUT2D eigenvalue weighted by Gasteiger charge is -2.32. The van der Waals surface area contributed by atoms with Crippen LogP contribution in [0, 0.1) is 5.92 Å². The molecule has 1 atom stereocenters. The van der Waals surface area contributed by atoms with Crippen LogP contribution in [0.25, 0.3) is 0 Å². The largest absolute Gasteiger partial charge is 0.393 e. The van der Waals surface area contributed by atoms with Gasteiger partial charge in [-0.1, -0.05) is 0 Å². The molecule has 4 nitrogen and oxygen atoms in total. The van der Waals surface area contributed by atoms with Gasteiger partial charge in [0.25, 0.3) is 0 Å². The Bertz CT molecular complexity index is 615. The summed E-state index contributed by atoms with van der Waals surface area (Å²) >= 11 is 4.33. The lowest BCUT2D eigenvalue weighted by Crippen LogP contribution is -2.44. The van der Waals surface area contributed by atoms with Crippen molar-refractivity contribution < 1.29 is 21.6 Å². The molecule has 0 saturated carbocycles. The van der Waals surface area contributed by atoms with E-state index >= 15 is 0 Å². The van der Waals surface area contributed by atoms with Crippen molar-refractivity contribution in [3.8, 4) is 0 Å². The van der Waals surface area contributed by atoms with Gasteiger partial charge in [0.1, 0.15) is 4.90 Å². The van der Waals surface area contributed by atoms with E-state index in [1.165, 1.54) is 17.4 Å². The highest BCUT2D eigenvalue weighted by atomic mass is 79.9. The van der Waals surface area contributed by atoms with Crippen LogP contribution in [0.2, 0.25) is 0 Å². The number of hydrogen-bond acceptors (Lipinski definition) is 4. The molecule has 1 aromatic heterocycles. The lowest BCUT2D eigenvalue weighted by molar-refractivity contribution is -0.182. The number of thiophene rings is 1. The SMILES string of the molecule is NCc1cc(S(=O)(=O)N2CCCC(C(F)(F)F)C2)c(Br)s1. The smallest absolute Gasteiger partial charge is 0.326 e. The summed E-state index contributed by atoms with van der Waals surface area (Å²) in [6, 6.07) is 1.42. The second kappa shape index (κ2) is 6.15. The summed E-state index contributed by atoms with van der Waals surface area (Å²) in [4.78, 5) is 0.653. The van der Waals surface area contributed by atoms with Crippen LogP contribution in [-0.4, -0.2) is 32.0 Å². The molecule has 0 amide bonds. The van der Waals surface area contributed by atoms with Gasteiger partial charge >= 0.3 is 6.18 Å². The minimum atomic E-state index is -4.37. The Morgan fingerprint density at radius 2 is 2.14 bits per heavy atom. The zero-order valence-corrected chi connectivity index (χ0v) is 14.1. The first-order valence-corrected chi connectivity index (χ1v) is 9.26. The average molecular weight is 407 g/mol. The van der Waals surface area contributed by atoms with Gasteiger partial charge in [-0.15, -0.1) is 11.3 Å². The molecule has 120 valence electrons. The molecule has 0 spiro atoms. The van der Waals surface area contributed by atoms with E-state index in [2.05, 4.69) is 15.9 Å². The van der Waals surface area contributed by atoms with Crippen molar-refractivity contribution in [2.24, 2.45) is 11.7 Å². The van der Waals surface area contributed by atoms with Gasteiger partial charge in [-0.3, -0.25) is 0 Å². The summed E-state index contributed by atoms with van der Waals surface area (Å²) in [5, 5.41) is 0. The van der Waals surface area contributed by atoms with Crippen LogP contribution in [0.1, 0.15) is 17.7 Å². The highest BCUT2D eigenvalue weighted by molar-refractivity contribution is 9.11. The maximum absolute atomic E-state index is 12.8. The summed E-state index contributed by atoms with van der Waals surface area (Å²) in [6.07, 6.45) is -4.20. The third-order valence-electron chi connectivity index (χ3n) is 3.37. The normalized spacial score (nSPS) is 21.7. The molecule has 2 heterocycles. The van der Waals surface area contributed by atoms with E-state index in [9.17, 15) is 21.6 Å². The number of piperidine rings is 1. The van der Waals surface area contributed by atoms with Gasteiger partial charge in [0.2, 0.25) is 10.0 Å². The number of hydrogen-bond donors (Lipinski definition) is 1. The van der Waals surface area contributed by atoms with Crippen molar-refractivity contribution in [2.45, 2.75) is 30.5 Å². The quantitative estimate of drug-likeness (QED) is 0.838. The average Bonchev–Trinajstić information content (AvgIpc) is 2.80. The molecule has 21 heavy (non-hydrogen) atoms. The van der Waals surface area contributed by atoms with E-state index in [4.69, 9.17) is 5.73 Å². The molecule has 0 bridgehead atoms. The van der Waals surface area contributed by atoms with Gasteiger partial charge in [0.05, 0.1) is 9.70 Å². The fraction of sp³-hybridized carbons (Fsp3) is 0.636. The van der Waals surface area contributed by atoms with Gasteiger partial charge in [-0.05, 0) is 34.8 Å². The lowest BCUT2D eigenvalue weighted by atomic mass is 9.99. The Morgan fingerprint density at radius 3 is 2.67 bits per heavy atom. The Morgan fingerprint density at radius 1 is 1.48 bits per heavy atom. The minimum absolute atomic E-state index is 0.00391. The van der Waals surface area contributed by atoms with Crippen molar-refractivity contribution >= 4 is 37.3 Å². The second-order valence-electron chi connectivity index (χ2n) is 4.80. The molecule has 1 fully saturated rings. The Hall–Kier alpha value is -0.160. The number of nitrogens with two attached hydrogens (primary N) is 1. The highest BCUT2D eigenvalue weighted by Crippen LogP contribution is 2.38. The first-order valence-electron chi connectivity index (χ1n) is 6.21. The van der Waals surface area contributed by atoms with E-state index in [1.807, 2.05) is 0 Å². The first-order chi connectivity index (χ1) is 9.66. The molecule has 1 aliphatic heterocycles. The van der Waals surface area contributed by atoms with Crippen molar-refractivity contribution in [3.05, 3.63) is 14.7 Å². The summed E-state index contributed by atoms with van der Waals surface area (Å²) in [5.41, 5.74) is 5.47. The highest BCUT2D eigenvalue weighted by Gasteiger charge is 2.44. The molecule has 2 rings (SSSR count). The number of nitrogens with zero attached hydrogens (tertiary/aromatic N) is 1. The van der Waals surface area contributed by atoms with Gasteiger partial charge in [0, 0.05) is 24.5 Å². The topological polar surface area (TPSA) is 63.4 Å². The molecular weight excluding hydrogens is 393 g/mol. The third-order valence-corrected chi connectivity index (χ3v) is 7.51. The van der Waals surface area contributed by atoms with Crippen molar-refractivity contribution in [3.63, 3.8) is 0 Å². The zero-order chi connectivity index (χ0) is 15.8. The van der Waals surface area contributed by atoms with E-state index in [0.29, 0.717) is 8.66 Å². The van der Waals surface area contributed by atoms with Gasteiger partial charge in [-0.2, -0.15) is 17.5 Å². The van der Waals surface area contributed by atoms with Crippen LogP contribution >= 0.6 is 27.3 Å². The maximum atomic E-state index is 12.8. The summed E-state index contributed by atoms with van der Waals surface area (Å²) in [7, 11) is -3.93. The van der Waals surface area contributed by atoms with Crippen LogP contribution in [-0.2, 0) is 16.6 Å². The molecule has 1 unspecified atom stereocenters. The Balaban J connectivity index is 2.28. The van der Waals surface area contributed by atoms with Crippen LogP contribution < -0.4 is 5.73 Å². The number of rotatable bonds is 3. The molecule has 0 aliphatic carbocycles. The molecular formula is C11H14BrF3N2O2S2. The number of alkyl halides is 3. The summed E-state index contributed by atoms with van der Waals surface area (Å²) in [6.45, 7) is -0.231. The zero-order valence-electron chi connectivity index (χ0n) is 10.9. The number of halogens is 4. The van der Waals surface area contributed by atoms with Gasteiger partial charge in [0.15, 0.2) is 0 Å². The van der Waals surface area contributed by atoms with Crippen molar-refractivity contribution in [2.75, 3.05) is 13.1 Å². The van der Waals surface area contributed by atoms with Gasteiger partial charge < -0.3 is 5.73 Å². The molecule has 2 N–H and O–H groups in total. The van der Waals surface area contributed by atoms with Crippen LogP contribution in [0.4, 0.5) is 13.2 Å². The fourth-order valence-corrected chi connectivity index (χ4v) is 6.28. The van der Waals surface area contributed by atoms with E-state index < -0.39 is 28.7 Å². The molecule has 0 aromatic carbocycles. The molecule has 0 radical (unpaired) electrons. The number of sulfonamides is 1. The standard InChI is InChI=1S/C11H14BrF3N2O2S2/c12-10-9(4-8(5-16)20-10)21(18,19)17-3-1-2-7(6-17)11(13,14)15/h4,7H,1-3,5-6,16H2.